The topological polar surface area (TPSA) is 46.4 Å². The van der Waals surface area contributed by atoms with Gasteiger partial charge < -0.3 is 5.32 Å². The van der Waals surface area contributed by atoms with Gasteiger partial charge in [-0.2, -0.15) is 0 Å². The summed E-state index contributed by atoms with van der Waals surface area (Å²) >= 11 is 0. The fourth-order valence-corrected chi connectivity index (χ4v) is 3.16. The SMILES string of the molecule is CCCCCCCC(=O)Nc1c(-c2ccc(F)cc2)nc2cc(C)ccn12. The smallest absolute Gasteiger partial charge is 0.225 e. The molecule has 2 heterocycles. The molecule has 0 aliphatic rings. The lowest BCUT2D eigenvalue weighted by Gasteiger charge is -2.08. The minimum Gasteiger partial charge on any atom is -0.310 e. The van der Waals surface area contributed by atoms with Crippen LogP contribution in [0.25, 0.3) is 16.9 Å². The maximum absolute atomic E-state index is 13.3. The van der Waals surface area contributed by atoms with Gasteiger partial charge in [-0.1, -0.05) is 32.6 Å². The van der Waals surface area contributed by atoms with Crippen molar-refractivity contribution in [2.75, 3.05) is 5.32 Å². The summed E-state index contributed by atoms with van der Waals surface area (Å²) in [4.78, 5) is 17.2. The van der Waals surface area contributed by atoms with E-state index in [1.165, 1.54) is 31.4 Å². The van der Waals surface area contributed by atoms with Gasteiger partial charge >= 0.3 is 0 Å². The van der Waals surface area contributed by atoms with Crippen LogP contribution in [0.4, 0.5) is 10.2 Å². The van der Waals surface area contributed by atoms with Crippen LogP contribution in [0.2, 0.25) is 0 Å². The molecule has 0 atom stereocenters. The average molecular weight is 367 g/mol. The largest absolute Gasteiger partial charge is 0.310 e. The summed E-state index contributed by atoms with van der Waals surface area (Å²) < 4.78 is 15.2. The zero-order chi connectivity index (χ0) is 19.2. The van der Waals surface area contributed by atoms with Gasteiger partial charge in [-0.05, 0) is 55.3 Å². The molecule has 3 aromatic rings. The Bertz CT molecular complexity index is 915. The van der Waals surface area contributed by atoms with Crippen molar-refractivity contribution in [3.63, 3.8) is 0 Å². The summed E-state index contributed by atoms with van der Waals surface area (Å²) in [5.74, 6) is 0.323. The molecule has 27 heavy (non-hydrogen) atoms. The van der Waals surface area contributed by atoms with Crippen molar-refractivity contribution in [3.05, 3.63) is 54.0 Å². The minimum absolute atomic E-state index is 0.0164. The first-order valence-corrected chi connectivity index (χ1v) is 9.63. The number of aromatic nitrogens is 2. The first-order valence-electron chi connectivity index (χ1n) is 9.63. The van der Waals surface area contributed by atoms with Gasteiger partial charge in [0.05, 0.1) is 0 Å². The number of amides is 1. The molecule has 3 rings (SSSR count). The Morgan fingerprint density at radius 3 is 2.59 bits per heavy atom. The summed E-state index contributed by atoms with van der Waals surface area (Å²) in [6, 6.07) is 10.1. The molecular formula is C22H26FN3O. The Kier molecular flexibility index (Phi) is 6.22. The van der Waals surface area contributed by atoms with Gasteiger partial charge in [0, 0.05) is 18.2 Å². The van der Waals surface area contributed by atoms with E-state index in [0.29, 0.717) is 17.9 Å². The maximum Gasteiger partial charge on any atom is 0.225 e. The number of unbranched alkanes of at least 4 members (excludes halogenated alkanes) is 4. The van der Waals surface area contributed by atoms with Crippen LogP contribution in [0, 0.1) is 12.7 Å². The zero-order valence-electron chi connectivity index (χ0n) is 16.0. The molecule has 0 saturated heterocycles. The lowest BCUT2D eigenvalue weighted by molar-refractivity contribution is -0.116. The van der Waals surface area contributed by atoms with Crippen molar-refractivity contribution < 1.29 is 9.18 Å². The number of benzene rings is 1. The van der Waals surface area contributed by atoms with E-state index in [2.05, 4.69) is 17.2 Å². The van der Waals surface area contributed by atoms with Gasteiger partial charge in [0.15, 0.2) is 0 Å². The summed E-state index contributed by atoms with van der Waals surface area (Å²) in [5, 5.41) is 3.02. The maximum atomic E-state index is 13.3. The van der Waals surface area contributed by atoms with Crippen molar-refractivity contribution in [1.29, 1.82) is 0 Å². The number of hydrogen-bond donors (Lipinski definition) is 1. The third kappa shape index (κ3) is 4.73. The molecule has 0 aliphatic heterocycles. The van der Waals surface area contributed by atoms with Gasteiger partial charge in [-0.25, -0.2) is 9.37 Å². The van der Waals surface area contributed by atoms with Crippen molar-refractivity contribution in [2.24, 2.45) is 0 Å². The van der Waals surface area contributed by atoms with Crippen LogP contribution in [0.1, 0.15) is 51.0 Å². The number of fused-ring (bicyclic) bond motifs is 1. The standard InChI is InChI=1S/C22H26FN3O/c1-3-4-5-6-7-8-20(27)25-22-21(17-9-11-18(23)12-10-17)24-19-15-16(2)13-14-26(19)22/h9-15H,3-8H2,1-2H3,(H,25,27). The van der Waals surface area contributed by atoms with E-state index in [-0.39, 0.29) is 11.7 Å². The highest BCUT2D eigenvalue weighted by Gasteiger charge is 2.16. The number of halogens is 1. The third-order valence-corrected chi connectivity index (χ3v) is 4.66. The number of nitrogens with zero attached hydrogens (tertiary/aromatic N) is 2. The highest BCUT2D eigenvalue weighted by atomic mass is 19.1. The summed E-state index contributed by atoms with van der Waals surface area (Å²) in [6.07, 6.45) is 7.91. The lowest BCUT2D eigenvalue weighted by Crippen LogP contribution is -2.13. The first kappa shape index (κ1) is 19.1. The van der Waals surface area contributed by atoms with E-state index in [4.69, 9.17) is 0 Å². The molecule has 0 spiro atoms. The number of carbonyl (C=O) groups is 1. The van der Waals surface area contributed by atoms with E-state index in [0.717, 1.165) is 29.6 Å². The van der Waals surface area contributed by atoms with E-state index < -0.39 is 0 Å². The molecule has 0 fully saturated rings. The summed E-state index contributed by atoms with van der Waals surface area (Å²) in [7, 11) is 0. The normalized spacial score (nSPS) is 11.1. The number of pyridine rings is 1. The van der Waals surface area contributed by atoms with Crippen LogP contribution in [0.5, 0.6) is 0 Å². The second kappa shape index (κ2) is 8.80. The number of aryl methyl sites for hydroxylation is 1. The van der Waals surface area contributed by atoms with Crippen LogP contribution >= 0.6 is 0 Å². The first-order chi connectivity index (χ1) is 13.1. The van der Waals surface area contributed by atoms with Gasteiger partial charge in [0.2, 0.25) is 5.91 Å². The molecule has 0 bridgehead atoms. The summed E-state index contributed by atoms with van der Waals surface area (Å²) in [6.45, 7) is 4.18. The van der Waals surface area contributed by atoms with Crippen LogP contribution in [-0.4, -0.2) is 15.3 Å². The summed E-state index contributed by atoms with van der Waals surface area (Å²) in [5.41, 5.74) is 3.27. The van der Waals surface area contributed by atoms with Gasteiger partial charge in [-0.15, -0.1) is 0 Å². The zero-order valence-corrected chi connectivity index (χ0v) is 16.0. The molecule has 1 N–H and O–H groups in total. The predicted molar refractivity (Wildman–Crippen MR) is 107 cm³/mol. The number of anilines is 1. The monoisotopic (exact) mass is 367 g/mol. The second-order valence-electron chi connectivity index (χ2n) is 6.96. The van der Waals surface area contributed by atoms with Crippen molar-refractivity contribution in [2.45, 2.75) is 52.4 Å². The van der Waals surface area contributed by atoms with Gasteiger partial charge in [0.25, 0.3) is 0 Å². The number of hydrogen-bond acceptors (Lipinski definition) is 2. The Balaban J connectivity index is 1.85. The quantitative estimate of drug-likeness (QED) is 0.515. The van der Waals surface area contributed by atoms with Crippen molar-refractivity contribution in [1.82, 2.24) is 9.38 Å². The number of nitrogens with one attached hydrogen (secondary N) is 1. The molecule has 1 aromatic carbocycles. The van der Waals surface area contributed by atoms with E-state index in [1.807, 2.05) is 29.7 Å². The molecule has 0 aliphatic carbocycles. The number of imidazole rings is 1. The molecule has 4 nitrogen and oxygen atoms in total. The molecule has 1 amide bonds. The van der Waals surface area contributed by atoms with Crippen molar-refractivity contribution in [3.8, 4) is 11.3 Å². The van der Waals surface area contributed by atoms with Crippen LogP contribution in [-0.2, 0) is 4.79 Å². The average Bonchev–Trinajstić information content (AvgIpc) is 2.99. The lowest BCUT2D eigenvalue weighted by atomic mass is 10.1. The molecule has 5 heteroatoms. The minimum atomic E-state index is -0.295. The Morgan fingerprint density at radius 2 is 1.85 bits per heavy atom. The van der Waals surface area contributed by atoms with Gasteiger partial charge in [-0.3, -0.25) is 9.20 Å². The van der Waals surface area contributed by atoms with Crippen molar-refractivity contribution >= 4 is 17.4 Å². The molecule has 0 saturated carbocycles. The second-order valence-corrected chi connectivity index (χ2v) is 6.96. The molecule has 2 aromatic heterocycles. The van der Waals surface area contributed by atoms with Crippen LogP contribution in [0.3, 0.4) is 0 Å². The van der Waals surface area contributed by atoms with Crippen LogP contribution in [0.15, 0.2) is 42.6 Å². The highest BCUT2D eigenvalue weighted by Crippen LogP contribution is 2.29. The van der Waals surface area contributed by atoms with Crippen LogP contribution < -0.4 is 5.32 Å². The fourth-order valence-electron chi connectivity index (χ4n) is 3.16. The number of carbonyl (C=O) groups excluding carboxylic acids is 1. The Hall–Kier alpha value is -2.69. The number of rotatable bonds is 8. The fraction of sp³-hybridized carbons (Fsp3) is 0.364. The van der Waals surface area contributed by atoms with Gasteiger partial charge in [0.1, 0.15) is 23.0 Å². The highest BCUT2D eigenvalue weighted by molar-refractivity contribution is 5.94. The Labute approximate surface area is 159 Å². The Morgan fingerprint density at radius 1 is 1.11 bits per heavy atom. The van der Waals surface area contributed by atoms with E-state index in [9.17, 15) is 9.18 Å². The molecule has 0 radical (unpaired) electrons. The predicted octanol–water partition coefficient (Wildman–Crippen LogP) is 5.75. The van der Waals surface area contributed by atoms with E-state index >= 15 is 0 Å². The molecule has 142 valence electrons. The molecule has 0 unspecified atom stereocenters. The van der Waals surface area contributed by atoms with E-state index in [1.54, 1.807) is 12.1 Å². The third-order valence-electron chi connectivity index (χ3n) is 4.66. The molecular weight excluding hydrogens is 341 g/mol.